The van der Waals surface area contributed by atoms with Gasteiger partial charge in [-0.15, -0.1) is 0 Å². The molecular formula is C11H15NO5S. The molecule has 0 spiro atoms. The molecule has 0 unspecified atom stereocenters. The molecule has 0 saturated carbocycles. The zero-order chi connectivity index (χ0) is 13.2. The Morgan fingerprint density at radius 3 is 2.83 bits per heavy atom. The number of likely N-dealkylation sites (tertiary alicyclic amines) is 1. The van der Waals surface area contributed by atoms with Gasteiger partial charge in [0.25, 0.3) is 0 Å². The number of sulfone groups is 1. The molecule has 0 atom stereocenters. The van der Waals surface area contributed by atoms with Crippen molar-refractivity contribution in [3.05, 3.63) is 24.2 Å². The Balaban J connectivity index is 1.89. The number of furan rings is 1. The Morgan fingerprint density at radius 1 is 1.56 bits per heavy atom. The van der Waals surface area contributed by atoms with E-state index in [1.54, 1.807) is 12.1 Å². The van der Waals surface area contributed by atoms with E-state index in [9.17, 15) is 13.2 Å². The Hall–Kier alpha value is -1.34. The van der Waals surface area contributed by atoms with Gasteiger partial charge in [-0.2, -0.15) is 0 Å². The molecule has 7 heteroatoms. The van der Waals surface area contributed by atoms with Crippen LogP contribution in [0.1, 0.15) is 5.76 Å². The second-order valence-electron chi connectivity index (χ2n) is 4.24. The highest BCUT2D eigenvalue weighted by atomic mass is 32.2. The average Bonchev–Trinajstić information content (AvgIpc) is 2.66. The van der Waals surface area contributed by atoms with Gasteiger partial charge in [0.15, 0.2) is 9.84 Å². The molecule has 0 aliphatic carbocycles. The van der Waals surface area contributed by atoms with Crippen LogP contribution in [-0.2, 0) is 25.1 Å². The molecule has 1 aliphatic heterocycles. The normalized spacial score (nSPS) is 16.6. The minimum absolute atomic E-state index is 0.00898. The third kappa shape index (κ3) is 2.73. The summed E-state index contributed by atoms with van der Waals surface area (Å²) in [4.78, 5) is 12.9. The van der Waals surface area contributed by atoms with Gasteiger partial charge in [-0.25, -0.2) is 8.42 Å². The van der Waals surface area contributed by atoms with Crippen molar-refractivity contribution < 1.29 is 22.4 Å². The van der Waals surface area contributed by atoms with Crippen molar-refractivity contribution in [1.82, 2.24) is 4.90 Å². The van der Waals surface area contributed by atoms with Gasteiger partial charge in [0.2, 0.25) is 5.91 Å². The van der Waals surface area contributed by atoms with Gasteiger partial charge in [-0.3, -0.25) is 4.79 Å². The highest BCUT2D eigenvalue weighted by Crippen LogP contribution is 2.20. The molecule has 0 N–H and O–H groups in total. The maximum atomic E-state index is 12.0. The molecule has 2 heterocycles. The minimum Gasteiger partial charge on any atom is -0.468 e. The van der Waals surface area contributed by atoms with Crippen LogP contribution in [0.25, 0.3) is 0 Å². The first-order valence-electron chi connectivity index (χ1n) is 5.53. The Kier molecular flexibility index (Phi) is 3.72. The van der Waals surface area contributed by atoms with Crippen LogP contribution in [-0.4, -0.2) is 51.3 Å². The lowest BCUT2D eigenvalue weighted by molar-refractivity contribution is -0.138. The van der Waals surface area contributed by atoms with Crippen LogP contribution in [0.4, 0.5) is 0 Å². The molecule has 0 bridgehead atoms. The van der Waals surface area contributed by atoms with E-state index < -0.39 is 15.1 Å². The molecule has 0 radical (unpaired) electrons. The van der Waals surface area contributed by atoms with Gasteiger partial charge in [0, 0.05) is 20.2 Å². The molecular weight excluding hydrogens is 258 g/mol. The molecule has 0 aromatic carbocycles. The Bertz CT molecular complexity index is 502. The molecule has 6 nitrogen and oxygen atoms in total. The van der Waals surface area contributed by atoms with E-state index in [1.807, 2.05) is 0 Å². The number of amides is 1. The van der Waals surface area contributed by atoms with Crippen molar-refractivity contribution >= 4 is 15.7 Å². The molecule has 1 fully saturated rings. The minimum atomic E-state index is -3.26. The number of methoxy groups -OCH3 is 1. The Morgan fingerprint density at radius 2 is 2.28 bits per heavy atom. The maximum Gasteiger partial charge on any atom is 0.248 e. The summed E-state index contributed by atoms with van der Waals surface area (Å²) in [5.41, 5.74) is 0. The number of carbonyl (C=O) groups is 1. The summed E-state index contributed by atoms with van der Waals surface area (Å²) in [6.07, 6.45) is 1.44. The number of carbonyl (C=O) groups excluding carboxylic acids is 1. The van der Waals surface area contributed by atoms with E-state index in [-0.39, 0.29) is 31.4 Å². The molecule has 1 saturated heterocycles. The third-order valence-electron chi connectivity index (χ3n) is 2.90. The fourth-order valence-corrected chi connectivity index (χ4v) is 3.41. The van der Waals surface area contributed by atoms with E-state index in [0.717, 1.165) is 0 Å². The summed E-state index contributed by atoms with van der Waals surface area (Å²) in [7, 11) is -1.82. The molecule has 1 aromatic rings. The van der Waals surface area contributed by atoms with Crippen LogP contribution in [0.5, 0.6) is 0 Å². The molecule has 1 amide bonds. The van der Waals surface area contributed by atoms with Crippen LogP contribution in [0.2, 0.25) is 0 Å². The van der Waals surface area contributed by atoms with Crippen LogP contribution in [0, 0.1) is 0 Å². The van der Waals surface area contributed by atoms with Crippen molar-refractivity contribution in [3.63, 3.8) is 0 Å². The van der Waals surface area contributed by atoms with Gasteiger partial charge in [-0.05, 0) is 12.1 Å². The van der Waals surface area contributed by atoms with Gasteiger partial charge in [0.1, 0.15) is 18.1 Å². The standard InChI is InChI=1S/C11H15NO5S/c1-16-7-11(13)12-5-10(6-12)18(14,15)8-9-3-2-4-17-9/h2-4,10H,5-8H2,1H3. The SMILES string of the molecule is COCC(=O)N1CC(S(=O)(=O)Cc2ccco2)C1. The van der Waals surface area contributed by atoms with Crippen LogP contribution in [0.15, 0.2) is 22.8 Å². The lowest BCUT2D eigenvalue weighted by Gasteiger charge is -2.38. The van der Waals surface area contributed by atoms with Crippen molar-refractivity contribution in [2.24, 2.45) is 0 Å². The zero-order valence-electron chi connectivity index (χ0n) is 10.0. The molecule has 2 rings (SSSR count). The lowest BCUT2D eigenvalue weighted by Crippen LogP contribution is -2.57. The van der Waals surface area contributed by atoms with E-state index in [0.29, 0.717) is 5.76 Å². The monoisotopic (exact) mass is 273 g/mol. The fraction of sp³-hybridized carbons (Fsp3) is 0.545. The fourth-order valence-electron chi connectivity index (χ4n) is 1.79. The molecule has 100 valence electrons. The largest absolute Gasteiger partial charge is 0.468 e. The van der Waals surface area contributed by atoms with Crippen LogP contribution >= 0.6 is 0 Å². The van der Waals surface area contributed by atoms with E-state index in [1.165, 1.54) is 18.3 Å². The zero-order valence-corrected chi connectivity index (χ0v) is 10.9. The summed E-state index contributed by atoms with van der Waals surface area (Å²) in [6, 6.07) is 3.28. The second-order valence-corrected chi connectivity index (χ2v) is 6.52. The first-order chi connectivity index (χ1) is 8.53. The molecule has 1 aromatic heterocycles. The van der Waals surface area contributed by atoms with Gasteiger partial charge >= 0.3 is 0 Å². The topological polar surface area (TPSA) is 76.8 Å². The maximum absolute atomic E-state index is 12.0. The average molecular weight is 273 g/mol. The summed E-state index contributed by atoms with van der Waals surface area (Å²) in [5.74, 6) is 0.135. The van der Waals surface area contributed by atoms with E-state index in [2.05, 4.69) is 0 Å². The highest BCUT2D eigenvalue weighted by Gasteiger charge is 2.39. The summed E-state index contributed by atoms with van der Waals surface area (Å²) in [6.45, 7) is 0.474. The van der Waals surface area contributed by atoms with Crippen molar-refractivity contribution in [2.75, 3.05) is 26.8 Å². The summed E-state index contributed by atoms with van der Waals surface area (Å²) >= 11 is 0. The lowest BCUT2D eigenvalue weighted by atomic mass is 10.2. The summed E-state index contributed by atoms with van der Waals surface area (Å²) in [5, 5.41) is -0.497. The van der Waals surface area contributed by atoms with E-state index in [4.69, 9.17) is 9.15 Å². The first kappa shape index (κ1) is 13.1. The predicted molar refractivity (Wildman–Crippen MR) is 63.6 cm³/mol. The van der Waals surface area contributed by atoms with Gasteiger partial charge in [0.05, 0.1) is 11.5 Å². The number of nitrogens with zero attached hydrogens (tertiary/aromatic N) is 1. The molecule has 18 heavy (non-hydrogen) atoms. The third-order valence-corrected chi connectivity index (χ3v) is 4.90. The number of hydrogen-bond donors (Lipinski definition) is 0. The van der Waals surface area contributed by atoms with Crippen LogP contribution in [0.3, 0.4) is 0 Å². The number of hydrogen-bond acceptors (Lipinski definition) is 5. The highest BCUT2D eigenvalue weighted by molar-refractivity contribution is 7.91. The smallest absolute Gasteiger partial charge is 0.248 e. The first-order valence-corrected chi connectivity index (χ1v) is 7.25. The Labute approximate surface area is 105 Å². The van der Waals surface area contributed by atoms with E-state index >= 15 is 0 Å². The number of rotatable bonds is 5. The second kappa shape index (κ2) is 5.11. The molecule has 1 aliphatic rings. The number of ether oxygens (including phenoxy) is 1. The quantitative estimate of drug-likeness (QED) is 0.757. The summed E-state index contributed by atoms with van der Waals surface area (Å²) < 4.78 is 33.7. The van der Waals surface area contributed by atoms with Crippen LogP contribution < -0.4 is 0 Å². The van der Waals surface area contributed by atoms with Gasteiger partial charge < -0.3 is 14.1 Å². The van der Waals surface area contributed by atoms with Crippen molar-refractivity contribution in [3.8, 4) is 0 Å². The van der Waals surface area contributed by atoms with Gasteiger partial charge in [-0.1, -0.05) is 0 Å². The predicted octanol–water partition coefficient (Wildman–Crippen LogP) is 0.0516. The van der Waals surface area contributed by atoms with Crippen molar-refractivity contribution in [2.45, 2.75) is 11.0 Å². The van der Waals surface area contributed by atoms with Crippen molar-refractivity contribution in [1.29, 1.82) is 0 Å².